The van der Waals surface area contributed by atoms with E-state index in [-0.39, 0.29) is 5.41 Å². The fourth-order valence-electron chi connectivity index (χ4n) is 12.8. The summed E-state index contributed by atoms with van der Waals surface area (Å²) in [6.45, 7) is 7.01. The van der Waals surface area contributed by atoms with E-state index in [4.69, 9.17) is 0 Å². The SMILES string of the molecule is CC(C)(C)c1ccc2c(c1)C1CC=c3c4ccc5c6c(-c7ccccc7)c7c(cc8c9ccccc9c9cccc7c98)c(-c7ccccc7)c6c6ccc(c7ccc-2c1c37)c4c65. The highest BCUT2D eigenvalue weighted by atomic mass is 14.4. The standard InChI is InChI=1S/C62H40/c1-62(2,3)35-21-22-38-40-23-24-41-43-27-29-47-58-48(30-28-44(57(43)58)42-25-26-45(49(38)31-35)55(40)56(41)42)61-53(34-15-8-5-9-16-34)59-46-20-12-19-39-36-17-10-11-18-37(36)50(54(39)46)32-51(59)52(60(47)61)33-13-6-4-7-14-33/h4-25,27-32,45H,26H2,1-3H3. The fourth-order valence-corrected chi connectivity index (χ4v) is 12.8. The van der Waals surface area contributed by atoms with Crippen molar-refractivity contribution in [3.63, 3.8) is 0 Å². The van der Waals surface area contributed by atoms with E-state index in [1.807, 2.05) is 0 Å². The van der Waals surface area contributed by atoms with Gasteiger partial charge in [-0.15, -0.1) is 0 Å². The van der Waals surface area contributed by atoms with E-state index in [2.05, 4.69) is 191 Å². The zero-order chi connectivity index (χ0) is 40.7. The van der Waals surface area contributed by atoms with Crippen LogP contribution in [0.3, 0.4) is 0 Å². The maximum atomic E-state index is 2.59. The lowest BCUT2D eigenvalue weighted by atomic mass is 9.80. The first-order valence-corrected chi connectivity index (χ1v) is 22.4. The molecule has 288 valence electrons. The molecular formula is C62H40. The third kappa shape index (κ3) is 3.96. The van der Waals surface area contributed by atoms with Crippen LogP contribution >= 0.6 is 0 Å². The summed E-state index contributed by atoms with van der Waals surface area (Å²) in [6, 6.07) is 63.2. The van der Waals surface area contributed by atoms with Crippen LogP contribution < -0.4 is 5.22 Å². The Morgan fingerprint density at radius 2 is 0.919 bits per heavy atom. The zero-order valence-corrected chi connectivity index (χ0v) is 35.0. The van der Waals surface area contributed by atoms with Gasteiger partial charge < -0.3 is 0 Å². The Labute approximate surface area is 359 Å². The molecule has 0 spiro atoms. The van der Waals surface area contributed by atoms with Crippen molar-refractivity contribution >= 4 is 103 Å². The van der Waals surface area contributed by atoms with Gasteiger partial charge in [-0.25, -0.2) is 0 Å². The van der Waals surface area contributed by atoms with Crippen molar-refractivity contribution < 1.29 is 0 Å². The summed E-state index contributed by atoms with van der Waals surface area (Å²) in [7, 11) is 0. The lowest BCUT2D eigenvalue weighted by molar-refractivity contribution is 0.589. The first-order chi connectivity index (χ1) is 30.4. The summed E-state index contributed by atoms with van der Waals surface area (Å²) in [5, 5.41) is 25.9. The first-order valence-electron chi connectivity index (χ1n) is 22.4. The first kappa shape index (κ1) is 33.4. The third-order valence-corrected chi connectivity index (χ3v) is 15.3. The molecule has 0 heteroatoms. The van der Waals surface area contributed by atoms with Crippen LogP contribution in [0.1, 0.15) is 49.8 Å². The summed E-state index contributed by atoms with van der Waals surface area (Å²) < 4.78 is 0. The minimum atomic E-state index is 0.110. The molecule has 13 aromatic rings. The quantitative estimate of drug-likeness (QED) is 0.121. The highest BCUT2D eigenvalue weighted by molar-refractivity contribution is 6.47. The van der Waals surface area contributed by atoms with Crippen molar-refractivity contribution in [2.75, 3.05) is 0 Å². The molecule has 1 atom stereocenters. The Balaban J connectivity index is 1.15. The van der Waals surface area contributed by atoms with E-state index >= 15 is 0 Å². The molecule has 0 aromatic heterocycles. The van der Waals surface area contributed by atoms with Crippen LogP contribution in [0.5, 0.6) is 0 Å². The zero-order valence-electron chi connectivity index (χ0n) is 35.0. The molecule has 0 fully saturated rings. The van der Waals surface area contributed by atoms with Crippen molar-refractivity contribution in [2.45, 2.75) is 38.5 Å². The number of fused-ring (bicyclic) bond motifs is 13. The minimum absolute atomic E-state index is 0.110. The average molecular weight is 785 g/mol. The van der Waals surface area contributed by atoms with Crippen LogP contribution in [0.15, 0.2) is 164 Å². The topological polar surface area (TPSA) is 0 Å². The highest BCUT2D eigenvalue weighted by Gasteiger charge is 2.35. The molecule has 0 saturated heterocycles. The van der Waals surface area contributed by atoms with Crippen molar-refractivity contribution in [3.05, 3.63) is 186 Å². The third-order valence-electron chi connectivity index (χ3n) is 15.3. The molecule has 0 nitrogen and oxygen atoms in total. The fraction of sp³-hybridized carbons (Fsp3) is 0.0968. The molecule has 62 heavy (non-hydrogen) atoms. The smallest absolute Gasteiger partial charge is 0.0143 e. The van der Waals surface area contributed by atoms with Crippen LogP contribution in [0.25, 0.3) is 136 Å². The summed E-state index contributed by atoms with van der Waals surface area (Å²) in [4.78, 5) is 0. The predicted molar refractivity (Wildman–Crippen MR) is 268 cm³/mol. The second-order valence-electron chi connectivity index (χ2n) is 19.3. The van der Waals surface area contributed by atoms with E-state index in [1.54, 1.807) is 5.56 Å². The van der Waals surface area contributed by atoms with Crippen LogP contribution in [0.2, 0.25) is 0 Å². The minimum Gasteiger partial charge on any atom is -0.0751 e. The van der Waals surface area contributed by atoms with E-state index < -0.39 is 0 Å². The molecule has 0 heterocycles. The Hall–Kier alpha value is -7.28. The molecule has 0 bridgehead atoms. The number of hydrogen-bond donors (Lipinski definition) is 0. The molecule has 0 saturated carbocycles. The second-order valence-corrected chi connectivity index (χ2v) is 19.3. The number of hydrogen-bond acceptors (Lipinski definition) is 0. The molecule has 2 aliphatic carbocycles. The largest absolute Gasteiger partial charge is 0.0751 e. The lowest BCUT2D eigenvalue weighted by Crippen LogP contribution is -2.15. The molecule has 0 N–H and O–H groups in total. The van der Waals surface area contributed by atoms with Gasteiger partial charge in [-0.2, -0.15) is 0 Å². The summed E-state index contributed by atoms with van der Waals surface area (Å²) >= 11 is 0. The Morgan fingerprint density at radius 1 is 0.371 bits per heavy atom. The lowest BCUT2D eigenvalue weighted by Gasteiger charge is -2.23. The van der Waals surface area contributed by atoms with Gasteiger partial charge in [0.1, 0.15) is 0 Å². The van der Waals surface area contributed by atoms with Gasteiger partial charge in [0.05, 0.1) is 0 Å². The Morgan fingerprint density at radius 3 is 1.68 bits per heavy atom. The molecule has 0 aliphatic heterocycles. The average Bonchev–Trinajstić information content (AvgIpc) is 3.94. The van der Waals surface area contributed by atoms with Gasteiger partial charge in [-0.1, -0.05) is 185 Å². The maximum Gasteiger partial charge on any atom is 0.0143 e. The van der Waals surface area contributed by atoms with Crippen LogP contribution in [0, 0.1) is 0 Å². The van der Waals surface area contributed by atoms with Crippen molar-refractivity contribution in [3.8, 4) is 33.4 Å². The summed E-state index contributed by atoms with van der Waals surface area (Å²) in [5.74, 6) is 0.393. The second kappa shape index (κ2) is 11.3. The molecule has 15 rings (SSSR count). The van der Waals surface area contributed by atoms with Gasteiger partial charge in [-0.3, -0.25) is 0 Å². The summed E-state index contributed by atoms with van der Waals surface area (Å²) in [6.07, 6.45) is 3.62. The van der Waals surface area contributed by atoms with Crippen LogP contribution in [0.4, 0.5) is 0 Å². The highest BCUT2D eigenvalue weighted by Crippen LogP contribution is 2.57. The van der Waals surface area contributed by atoms with E-state index in [0.29, 0.717) is 5.92 Å². The maximum absolute atomic E-state index is 2.59. The van der Waals surface area contributed by atoms with E-state index in [9.17, 15) is 0 Å². The van der Waals surface area contributed by atoms with Gasteiger partial charge in [-0.05, 0) is 170 Å². The molecular weight excluding hydrogens is 745 g/mol. The Kier molecular flexibility index (Phi) is 6.12. The molecule has 13 aromatic carbocycles. The molecule has 0 radical (unpaired) electrons. The monoisotopic (exact) mass is 784 g/mol. The Bertz CT molecular complexity index is 4180. The van der Waals surface area contributed by atoms with E-state index in [0.717, 1.165) is 6.42 Å². The predicted octanol–water partition coefficient (Wildman–Crippen LogP) is 16.6. The van der Waals surface area contributed by atoms with Crippen LogP contribution in [-0.2, 0) is 5.41 Å². The van der Waals surface area contributed by atoms with Gasteiger partial charge in [0, 0.05) is 5.92 Å². The van der Waals surface area contributed by atoms with Gasteiger partial charge in [0.15, 0.2) is 0 Å². The van der Waals surface area contributed by atoms with Crippen molar-refractivity contribution in [1.29, 1.82) is 0 Å². The van der Waals surface area contributed by atoms with Crippen molar-refractivity contribution in [1.82, 2.24) is 0 Å². The van der Waals surface area contributed by atoms with Crippen LogP contribution in [-0.4, -0.2) is 0 Å². The summed E-state index contributed by atoms with van der Waals surface area (Å²) in [5.41, 5.74) is 12.6. The molecule has 1 unspecified atom stereocenters. The normalized spacial score (nSPS) is 14.9. The van der Waals surface area contributed by atoms with E-state index in [1.165, 1.54) is 147 Å². The molecule has 0 amide bonds. The van der Waals surface area contributed by atoms with Crippen molar-refractivity contribution in [2.24, 2.45) is 0 Å². The van der Waals surface area contributed by atoms with Gasteiger partial charge in [0.25, 0.3) is 0 Å². The molecule has 2 aliphatic rings. The number of rotatable bonds is 2. The number of benzene rings is 11. The van der Waals surface area contributed by atoms with Gasteiger partial charge >= 0.3 is 0 Å². The van der Waals surface area contributed by atoms with Gasteiger partial charge in [0.2, 0.25) is 0 Å².